The molecule has 4 rings (SSSR count). The van der Waals surface area contributed by atoms with Gasteiger partial charge in [0, 0.05) is 12.6 Å². The van der Waals surface area contributed by atoms with E-state index in [9.17, 15) is 4.79 Å². The SMILES string of the molecule is Nc1nc(CN2CCCC3C(=O)NCC32)nc2sccc12. The molecule has 0 bridgehead atoms. The largest absolute Gasteiger partial charge is 0.383 e. The minimum Gasteiger partial charge on any atom is -0.383 e. The third-order valence-corrected chi connectivity index (χ3v) is 5.27. The van der Waals surface area contributed by atoms with Gasteiger partial charge in [-0.25, -0.2) is 9.97 Å². The first-order valence-corrected chi connectivity index (χ1v) is 8.11. The van der Waals surface area contributed by atoms with Crippen molar-refractivity contribution in [3.05, 3.63) is 17.3 Å². The molecular weight excluding hydrogens is 286 g/mol. The van der Waals surface area contributed by atoms with Gasteiger partial charge in [-0.1, -0.05) is 0 Å². The van der Waals surface area contributed by atoms with Crippen molar-refractivity contribution in [2.24, 2.45) is 5.92 Å². The van der Waals surface area contributed by atoms with Gasteiger partial charge in [-0.2, -0.15) is 0 Å². The van der Waals surface area contributed by atoms with E-state index < -0.39 is 0 Å². The molecule has 2 aliphatic rings. The lowest BCUT2D eigenvalue weighted by Gasteiger charge is -2.35. The Balaban J connectivity index is 1.60. The van der Waals surface area contributed by atoms with Crippen molar-refractivity contribution in [3.8, 4) is 0 Å². The second-order valence-corrected chi connectivity index (χ2v) is 6.59. The summed E-state index contributed by atoms with van der Waals surface area (Å²) in [6, 6.07) is 2.23. The molecular formula is C14H17N5OS. The number of nitrogen functional groups attached to an aromatic ring is 1. The number of thiophene rings is 1. The fraction of sp³-hybridized carbons (Fsp3) is 0.500. The van der Waals surface area contributed by atoms with Crippen LogP contribution in [0, 0.1) is 5.92 Å². The topological polar surface area (TPSA) is 84.1 Å². The first-order chi connectivity index (χ1) is 10.2. The van der Waals surface area contributed by atoms with Gasteiger partial charge in [-0.05, 0) is 30.8 Å². The molecule has 0 spiro atoms. The first kappa shape index (κ1) is 13.0. The highest BCUT2D eigenvalue weighted by molar-refractivity contribution is 7.16. The van der Waals surface area contributed by atoms with Crippen LogP contribution in [-0.4, -0.2) is 39.9 Å². The number of nitrogens with two attached hydrogens (primary N) is 1. The van der Waals surface area contributed by atoms with Crippen molar-refractivity contribution in [3.63, 3.8) is 0 Å². The highest BCUT2D eigenvalue weighted by Crippen LogP contribution is 2.29. The number of hydrogen-bond acceptors (Lipinski definition) is 6. The molecule has 0 aromatic carbocycles. The maximum Gasteiger partial charge on any atom is 0.224 e. The summed E-state index contributed by atoms with van der Waals surface area (Å²) >= 11 is 1.58. The van der Waals surface area contributed by atoms with E-state index in [4.69, 9.17) is 5.73 Å². The van der Waals surface area contributed by atoms with Gasteiger partial charge in [0.15, 0.2) is 0 Å². The van der Waals surface area contributed by atoms with Crippen LogP contribution < -0.4 is 11.1 Å². The van der Waals surface area contributed by atoms with Gasteiger partial charge in [0.2, 0.25) is 5.91 Å². The molecule has 0 saturated carbocycles. The lowest BCUT2D eigenvalue weighted by Crippen LogP contribution is -2.45. The van der Waals surface area contributed by atoms with Gasteiger partial charge >= 0.3 is 0 Å². The normalized spacial score (nSPS) is 26.0. The predicted octanol–water partition coefficient (Wildman–Crippen LogP) is 0.984. The van der Waals surface area contributed by atoms with Crippen LogP contribution >= 0.6 is 11.3 Å². The number of carbonyl (C=O) groups is 1. The molecule has 2 unspecified atom stereocenters. The lowest BCUT2D eigenvalue weighted by molar-refractivity contribution is -0.124. The number of hydrogen-bond donors (Lipinski definition) is 2. The number of nitrogens with one attached hydrogen (secondary N) is 1. The maximum absolute atomic E-state index is 11.8. The predicted molar refractivity (Wildman–Crippen MR) is 81.8 cm³/mol. The van der Waals surface area contributed by atoms with Crippen LogP contribution in [0.15, 0.2) is 11.4 Å². The Morgan fingerprint density at radius 2 is 2.38 bits per heavy atom. The Morgan fingerprint density at radius 1 is 1.48 bits per heavy atom. The summed E-state index contributed by atoms with van der Waals surface area (Å²) in [4.78, 5) is 24.1. The number of anilines is 1. The van der Waals surface area contributed by atoms with E-state index in [1.54, 1.807) is 11.3 Å². The van der Waals surface area contributed by atoms with Crippen LogP contribution in [0.2, 0.25) is 0 Å². The summed E-state index contributed by atoms with van der Waals surface area (Å²) in [6.07, 6.45) is 2.03. The van der Waals surface area contributed by atoms with Crippen molar-refractivity contribution >= 4 is 33.3 Å². The number of aromatic nitrogens is 2. The number of piperidine rings is 1. The average Bonchev–Trinajstić information content (AvgIpc) is 3.07. The molecule has 7 heteroatoms. The molecule has 2 atom stereocenters. The summed E-state index contributed by atoms with van der Waals surface area (Å²) in [5, 5.41) is 5.88. The Hall–Kier alpha value is -1.73. The fourth-order valence-electron chi connectivity index (χ4n) is 3.41. The Kier molecular flexibility index (Phi) is 3.04. The van der Waals surface area contributed by atoms with Crippen LogP contribution in [0.1, 0.15) is 18.7 Å². The molecule has 2 aromatic rings. The number of fused-ring (bicyclic) bond motifs is 2. The van der Waals surface area contributed by atoms with E-state index in [1.165, 1.54) is 0 Å². The second kappa shape index (κ2) is 4.92. The lowest BCUT2D eigenvalue weighted by atomic mass is 9.91. The molecule has 110 valence electrons. The highest BCUT2D eigenvalue weighted by Gasteiger charge is 2.40. The Labute approximate surface area is 126 Å². The number of amides is 1. The quantitative estimate of drug-likeness (QED) is 0.864. The van der Waals surface area contributed by atoms with E-state index in [0.29, 0.717) is 12.4 Å². The number of rotatable bonds is 2. The smallest absolute Gasteiger partial charge is 0.224 e. The zero-order valence-electron chi connectivity index (χ0n) is 11.6. The van der Waals surface area contributed by atoms with Crippen LogP contribution in [0.5, 0.6) is 0 Å². The molecule has 2 fully saturated rings. The molecule has 0 aliphatic carbocycles. The number of likely N-dealkylation sites (tertiary alicyclic amines) is 1. The molecule has 2 aromatic heterocycles. The molecule has 4 heterocycles. The van der Waals surface area contributed by atoms with E-state index >= 15 is 0 Å². The van der Waals surface area contributed by atoms with Crippen molar-refractivity contribution < 1.29 is 4.79 Å². The minimum absolute atomic E-state index is 0.126. The van der Waals surface area contributed by atoms with Crippen molar-refractivity contribution in [2.75, 3.05) is 18.8 Å². The molecule has 1 amide bonds. The Bertz CT molecular complexity index is 700. The van der Waals surface area contributed by atoms with E-state index in [0.717, 1.165) is 42.0 Å². The van der Waals surface area contributed by atoms with Crippen LogP contribution in [-0.2, 0) is 11.3 Å². The van der Waals surface area contributed by atoms with Crippen LogP contribution in [0.25, 0.3) is 10.2 Å². The van der Waals surface area contributed by atoms with Gasteiger partial charge < -0.3 is 11.1 Å². The molecule has 6 nitrogen and oxygen atoms in total. The first-order valence-electron chi connectivity index (χ1n) is 7.24. The summed E-state index contributed by atoms with van der Waals surface area (Å²) in [5.74, 6) is 1.62. The van der Waals surface area contributed by atoms with E-state index in [1.807, 2.05) is 11.4 Å². The third kappa shape index (κ3) is 2.16. The third-order valence-electron chi connectivity index (χ3n) is 4.46. The standard InChI is InChI=1S/C14H17N5OS/c15-12-9-3-5-21-14(9)18-11(17-12)7-19-4-1-2-8-10(19)6-16-13(8)20/h3,5,8,10H,1-2,4,6-7H2,(H,16,20)(H2,15,17,18). The summed E-state index contributed by atoms with van der Waals surface area (Å²) in [5.41, 5.74) is 6.01. The fourth-order valence-corrected chi connectivity index (χ4v) is 4.20. The maximum atomic E-state index is 11.8. The molecule has 2 aliphatic heterocycles. The van der Waals surface area contributed by atoms with E-state index in [2.05, 4.69) is 20.2 Å². The second-order valence-electron chi connectivity index (χ2n) is 5.70. The highest BCUT2D eigenvalue weighted by atomic mass is 32.1. The van der Waals surface area contributed by atoms with Gasteiger partial charge in [-0.3, -0.25) is 9.69 Å². The summed E-state index contributed by atoms with van der Waals surface area (Å²) < 4.78 is 0. The number of carbonyl (C=O) groups excluding carboxylic acids is 1. The van der Waals surface area contributed by atoms with Crippen LogP contribution in [0.3, 0.4) is 0 Å². The average molecular weight is 303 g/mol. The van der Waals surface area contributed by atoms with Gasteiger partial charge in [-0.15, -0.1) is 11.3 Å². The molecule has 0 radical (unpaired) electrons. The minimum atomic E-state index is 0.126. The number of nitrogens with zero attached hydrogens (tertiary/aromatic N) is 3. The van der Waals surface area contributed by atoms with Crippen LogP contribution in [0.4, 0.5) is 5.82 Å². The zero-order chi connectivity index (χ0) is 14.4. The summed E-state index contributed by atoms with van der Waals surface area (Å²) in [6.45, 7) is 2.39. The Morgan fingerprint density at radius 3 is 3.29 bits per heavy atom. The molecule has 2 saturated heterocycles. The van der Waals surface area contributed by atoms with Gasteiger partial charge in [0.1, 0.15) is 16.5 Å². The van der Waals surface area contributed by atoms with Gasteiger partial charge in [0.05, 0.1) is 17.8 Å². The monoisotopic (exact) mass is 303 g/mol. The van der Waals surface area contributed by atoms with Crippen molar-refractivity contribution in [1.29, 1.82) is 0 Å². The van der Waals surface area contributed by atoms with Crippen molar-refractivity contribution in [2.45, 2.75) is 25.4 Å². The molecule has 21 heavy (non-hydrogen) atoms. The summed E-state index contributed by atoms with van der Waals surface area (Å²) in [7, 11) is 0. The zero-order valence-corrected chi connectivity index (χ0v) is 12.4. The molecule has 3 N–H and O–H groups in total. The van der Waals surface area contributed by atoms with Crippen molar-refractivity contribution in [1.82, 2.24) is 20.2 Å². The van der Waals surface area contributed by atoms with Gasteiger partial charge in [0.25, 0.3) is 0 Å². The van der Waals surface area contributed by atoms with E-state index in [-0.39, 0.29) is 17.9 Å².